The highest BCUT2D eigenvalue weighted by Crippen LogP contribution is 2.24. The van der Waals surface area contributed by atoms with Crippen molar-refractivity contribution in [3.8, 4) is 0 Å². The molecule has 1 aromatic carbocycles. The van der Waals surface area contributed by atoms with Crippen molar-refractivity contribution in [1.29, 1.82) is 0 Å². The van der Waals surface area contributed by atoms with E-state index >= 15 is 0 Å². The van der Waals surface area contributed by atoms with E-state index in [4.69, 9.17) is 15.5 Å². The molecule has 2 heterocycles. The molecule has 2 N–H and O–H groups in total. The smallest absolute Gasteiger partial charge is 0.111 e. The zero-order valence-electron chi connectivity index (χ0n) is 10.7. The van der Waals surface area contributed by atoms with Crippen molar-refractivity contribution in [3.63, 3.8) is 0 Å². The highest BCUT2D eigenvalue weighted by atomic mass is 16.5. The van der Waals surface area contributed by atoms with E-state index in [0.717, 1.165) is 43.8 Å². The number of ether oxygens (including phenoxy) is 1. The molecule has 0 saturated carbocycles. The molecule has 0 bridgehead atoms. The summed E-state index contributed by atoms with van der Waals surface area (Å²) in [6.45, 7) is 1.53. The highest BCUT2D eigenvalue weighted by molar-refractivity contribution is 5.75. The Labute approximate surface area is 107 Å². The number of imidazole rings is 1. The summed E-state index contributed by atoms with van der Waals surface area (Å²) in [6, 6.07) is 8.21. The maximum absolute atomic E-state index is 6.45. The average molecular weight is 245 g/mol. The maximum atomic E-state index is 6.45. The summed E-state index contributed by atoms with van der Waals surface area (Å²) in [5.74, 6) is 1.07. The predicted molar refractivity (Wildman–Crippen MR) is 71.4 cm³/mol. The average Bonchev–Trinajstić information content (AvgIpc) is 2.67. The van der Waals surface area contributed by atoms with Gasteiger partial charge >= 0.3 is 0 Å². The van der Waals surface area contributed by atoms with Crippen molar-refractivity contribution in [2.45, 2.75) is 24.8 Å². The van der Waals surface area contributed by atoms with Gasteiger partial charge in [-0.25, -0.2) is 4.98 Å². The Balaban J connectivity index is 1.92. The molecule has 1 aromatic heterocycles. The van der Waals surface area contributed by atoms with E-state index in [9.17, 15) is 0 Å². The Kier molecular flexibility index (Phi) is 2.84. The first-order chi connectivity index (χ1) is 8.68. The zero-order chi connectivity index (χ0) is 12.6. The third-order valence-corrected chi connectivity index (χ3v) is 3.88. The third-order valence-electron chi connectivity index (χ3n) is 3.88. The Morgan fingerprint density at radius 2 is 2.06 bits per heavy atom. The summed E-state index contributed by atoms with van der Waals surface area (Å²) in [5.41, 5.74) is 8.51. The molecular formula is C14H19N3O. The van der Waals surface area contributed by atoms with Crippen molar-refractivity contribution < 1.29 is 4.74 Å². The lowest BCUT2D eigenvalue weighted by atomic mass is 9.87. The Morgan fingerprint density at radius 3 is 2.78 bits per heavy atom. The second kappa shape index (κ2) is 4.37. The number of benzene rings is 1. The van der Waals surface area contributed by atoms with Gasteiger partial charge in [-0.2, -0.15) is 0 Å². The molecule has 1 saturated heterocycles. The topological polar surface area (TPSA) is 53.1 Å². The monoisotopic (exact) mass is 245 g/mol. The molecule has 0 aliphatic carbocycles. The van der Waals surface area contributed by atoms with Crippen LogP contribution in [-0.2, 0) is 18.2 Å². The summed E-state index contributed by atoms with van der Waals surface area (Å²) in [5, 5.41) is 0. The minimum absolute atomic E-state index is 0.159. The van der Waals surface area contributed by atoms with Crippen molar-refractivity contribution in [1.82, 2.24) is 9.55 Å². The molecule has 0 radical (unpaired) electrons. The molecule has 4 nitrogen and oxygen atoms in total. The first-order valence-electron chi connectivity index (χ1n) is 6.45. The van der Waals surface area contributed by atoms with Crippen LogP contribution < -0.4 is 5.73 Å². The molecule has 1 aliphatic rings. The molecule has 1 aliphatic heterocycles. The number of nitrogens with two attached hydrogens (primary N) is 1. The molecule has 1 fully saturated rings. The molecular weight excluding hydrogens is 226 g/mol. The van der Waals surface area contributed by atoms with Gasteiger partial charge in [0.1, 0.15) is 5.82 Å². The van der Waals surface area contributed by atoms with E-state index in [1.165, 1.54) is 5.52 Å². The van der Waals surface area contributed by atoms with Gasteiger partial charge < -0.3 is 15.0 Å². The van der Waals surface area contributed by atoms with Gasteiger partial charge in [0.25, 0.3) is 0 Å². The third kappa shape index (κ3) is 2.02. The minimum Gasteiger partial charge on any atom is -0.381 e. The molecule has 18 heavy (non-hydrogen) atoms. The molecule has 3 rings (SSSR count). The summed E-state index contributed by atoms with van der Waals surface area (Å²) in [7, 11) is 2.06. The Morgan fingerprint density at radius 1 is 1.33 bits per heavy atom. The fourth-order valence-electron chi connectivity index (χ4n) is 2.62. The summed E-state index contributed by atoms with van der Waals surface area (Å²) in [4.78, 5) is 4.69. The number of hydrogen-bond acceptors (Lipinski definition) is 3. The van der Waals surface area contributed by atoms with Gasteiger partial charge in [0.15, 0.2) is 0 Å². The van der Waals surface area contributed by atoms with Crippen LogP contribution in [0.4, 0.5) is 0 Å². The number of para-hydroxylation sites is 2. The SMILES string of the molecule is Cn1c(CC2(N)CCOCC2)nc2ccccc21. The zero-order valence-corrected chi connectivity index (χ0v) is 10.7. The second-order valence-electron chi connectivity index (χ2n) is 5.23. The molecule has 0 atom stereocenters. The van der Waals surface area contributed by atoms with E-state index in [2.05, 4.69) is 17.7 Å². The van der Waals surface area contributed by atoms with Gasteiger partial charge in [-0.1, -0.05) is 12.1 Å². The summed E-state index contributed by atoms with van der Waals surface area (Å²) < 4.78 is 7.54. The van der Waals surface area contributed by atoms with Gasteiger partial charge in [-0.15, -0.1) is 0 Å². The molecule has 96 valence electrons. The predicted octanol–water partition coefficient (Wildman–Crippen LogP) is 1.62. The van der Waals surface area contributed by atoms with E-state index in [1.807, 2.05) is 18.2 Å². The summed E-state index contributed by atoms with van der Waals surface area (Å²) >= 11 is 0. The van der Waals surface area contributed by atoms with Crippen LogP contribution in [0.15, 0.2) is 24.3 Å². The van der Waals surface area contributed by atoms with Gasteiger partial charge in [-0.3, -0.25) is 0 Å². The number of aromatic nitrogens is 2. The standard InChI is InChI=1S/C14H19N3O/c1-17-12-5-3-2-4-11(12)16-13(17)10-14(15)6-8-18-9-7-14/h2-5H,6-10,15H2,1H3. The van der Waals surface area contributed by atoms with E-state index in [0.29, 0.717) is 0 Å². The van der Waals surface area contributed by atoms with Crippen LogP contribution in [0, 0.1) is 0 Å². The number of nitrogens with zero attached hydrogens (tertiary/aromatic N) is 2. The first kappa shape index (κ1) is 11.7. The fraction of sp³-hybridized carbons (Fsp3) is 0.500. The van der Waals surface area contributed by atoms with Crippen LogP contribution in [0.2, 0.25) is 0 Å². The largest absolute Gasteiger partial charge is 0.381 e. The number of aryl methyl sites for hydroxylation is 1. The quantitative estimate of drug-likeness (QED) is 0.874. The Bertz CT molecular complexity index is 555. The van der Waals surface area contributed by atoms with Crippen molar-refractivity contribution in [3.05, 3.63) is 30.1 Å². The van der Waals surface area contributed by atoms with E-state index < -0.39 is 0 Å². The number of hydrogen-bond donors (Lipinski definition) is 1. The lowest BCUT2D eigenvalue weighted by molar-refractivity contribution is 0.0525. The van der Waals surface area contributed by atoms with E-state index in [-0.39, 0.29) is 5.54 Å². The number of rotatable bonds is 2. The van der Waals surface area contributed by atoms with Crippen LogP contribution in [0.25, 0.3) is 11.0 Å². The number of fused-ring (bicyclic) bond motifs is 1. The Hall–Kier alpha value is -1.39. The van der Waals surface area contributed by atoms with Crippen LogP contribution in [0.1, 0.15) is 18.7 Å². The molecule has 4 heteroatoms. The second-order valence-corrected chi connectivity index (χ2v) is 5.23. The van der Waals surface area contributed by atoms with Gasteiger partial charge in [0, 0.05) is 32.2 Å². The summed E-state index contributed by atoms with van der Waals surface area (Å²) in [6.07, 6.45) is 2.65. The molecule has 2 aromatic rings. The van der Waals surface area contributed by atoms with Crippen LogP contribution in [-0.4, -0.2) is 28.3 Å². The first-order valence-corrected chi connectivity index (χ1v) is 6.45. The lowest BCUT2D eigenvalue weighted by Crippen LogP contribution is -2.47. The van der Waals surface area contributed by atoms with Crippen molar-refractivity contribution >= 4 is 11.0 Å². The van der Waals surface area contributed by atoms with Gasteiger partial charge in [0.2, 0.25) is 0 Å². The van der Waals surface area contributed by atoms with Gasteiger partial charge in [-0.05, 0) is 25.0 Å². The fourth-order valence-corrected chi connectivity index (χ4v) is 2.62. The maximum Gasteiger partial charge on any atom is 0.111 e. The van der Waals surface area contributed by atoms with E-state index in [1.54, 1.807) is 0 Å². The highest BCUT2D eigenvalue weighted by Gasteiger charge is 2.30. The minimum atomic E-state index is -0.159. The molecule has 0 spiro atoms. The molecule has 0 amide bonds. The van der Waals surface area contributed by atoms with Crippen LogP contribution in [0.5, 0.6) is 0 Å². The lowest BCUT2D eigenvalue weighted by Gasteiger charge is -2.33. The van der Waals surface area contributed by atoms with Crippen LogP contribution in [0.3, 0.4) is 0 Å². The van der Waals surface area contributed by atoms with Crippen molar-refractivity contribution in [2.24, 2.45) is 12.8 Å². The van der Waals surface area contributed by atoms with Gasteiger partial charge in [0.05, 0.1) is 11.0 Å². The van der Waals surface area contributed by atoms with Crippen LogP contribution >= 0.6 is 0 Å². The van der Waals surface area contributed by atoms with Crippen molar-refractivity contribution in [2.75, 3.05) is 13.2 Å². The molecule has 0 unspecified atom stereocenters. The normalized spacial score (nSPS) is 19.2.